The largest absolute Gasteiger partial charge is 0.451 e. The van der Waals surface area contributed by atoms with Crippen molar-refractivity contribution in [1.82, 2.24) is 0 Å². The Labute approximate surface area is 57.0 Å². The normalized spacial score (nSPS) is 14.0. The molecule has 0 saturated heterocycles. The van der Waals surface area contributed by atoms with Crippen LogP contribution in [-0.2, 0) is 0 Å². The van der Waals surface area contributed by atoms with Crippen LogP contribution in [0.2, 0.25) is 6.32 Å². The summed E-state index contributed by atoms with van der Waals surface area (Å²) in [6, 6.07) is 0. The van der Waals surface area contributed by atoms with Crippen LogP contribution < -0.4 is 0 Å². The van der Waals surface area contributed by atoms with E-state index in [9.17, 15) is 0 Å². The van der Waals surface area contributed by atoms with Gasteiger partial charge in [-0.2, -0.15) is 0 Å². The SMILES string of the molecule is CC(C)C(C)CB(O)O. The monoisotopic (exact) mass is 130 g/mol. The van der Waals surface area contributed by atoms with Crippen LogP contribution in [-0.4, -0.2) is 17.2 Å². The second-order valence-electron chi connectivity index (χ2n) is 2.94. The predicted molar refractivity (Wildman–Crippen MR) is 39.0 cm³/mol. The molecular formula is C6H15BO2. The maximum Gasteiger partial charge on any atom is 0.451 e. The molecule has 2 nitrogen and oxygen atoms in total. The Hall–Kier alpha value is -0.0151. The second kappa shape index (κ2) is 3.91. The molecular weight excluding hydrogens is 115 g/mol. The van der Waals surface area contributed by atoms with E-state index < -0.39 is 7.12 Å². The van der Waals surface area contributed by atoms with Crippen molar-refractivity contribution in [2.24, 2.45) is 11.8 Å². The lowest BCUT2D eigenvalue weighted by molar-refractivity contribution is 0.364. The van der Waals surface area contributed by atoms with Crippen molar-refractivity contribution in [2.75, 3.05) is 0 Å². The van der Waals surface area contributed by atoms with Crippen LogP contribution in [0.15, 0.2) is 0 Å². The number of rotatable bonds is 3. The highest BCUT2D eigenvalue weighted by molar-refractivity contribution is 6.41. The lowest BCUT2D eigenvalue weighted by Crippen LogP contribution is -2.17. The minimum absolute atomic E-state index is 0.394. The first-order chi connectivity index (χ1) is 4.04. The lowest BCUT2D eigenvalue weighted by atomic mass is 9.75. The van der Waals surface area contributed by atoms with E-state index in [1.807, 2.05) is 6.92 Å². The first-order valence-corrected chi connectivity index (χ1v) is 3.40. The first kappa shape index (κ1) is 8.98. The van der Waals surface area contributed by atoms with Crippen LogP contribution in [0.3, 0.4) is 0 Å². The average Bonchev–Trinajstić information content (AvgIpc) is 1.63. The standard InChI is InChI=1S/C6H15BO2/c1-5(2)6(3)4-7(8)9/h5-6,8-9H,4H2,1-3H3. The van der Waals surface area contributed by atoms with Crippen molar-refractivity contribution in [3.8, 4) is 0 Å². The zero-order chi connectivity index (χ0) is 7.44. The van der Waals surface area contributed by atoms with Gasteiger partial charge in [0.25, 0.3) is 0 Å². The molecule has 1 atom stereocenters. The first-order valence-electron chi connectivity index (χ1n) is 3.40. The quantitative estimate of drug-likeness (QED) is 0.553. The molecule has 0 aromatic heterocycles. The Morgan fingerprint density at radius 1 is 1.22 bits per heavy atom. The van der Waals surface area contributed by atoms with E-state index in [2.05, 4.69) is 13.8 Å². The van der Waals surface area contributed by atoms with Crippen molar-refractivity contribution < 1.29 is 10.0 Å². The molecule has 0 aliphatic carbocycles. The maximum absolute atomic E-state index is 8.53. The summed E-state index contributed by atoms with van der Waals surface area (Å²) >= 11 is 0. The molecule has 3 heteroatoms. The van der Waals surface area contributed by atoms with Gasteiger partial charge in [0.2, 0.25) is 0 Å². The van der Waals surface area contributed by atoms with Gasteiger partial charge in [-0.05, 0) is 18.2 Å². The summed E-state index contributed by atoms with van der Waals surface area (Å²) in [7, 11) is -1.14. The minimum atomic E-state index is -1.14. The zero-order valence-corrected chi connectivity index (χ0v) is 6.33. The minimum Gasteiger partial charge on any atom is -0.427 e. The molecule has 9 heavy (non-hydrogen) atoms. The summed E-state index contributed by atoms with van der Waals surface area (Å²) in [5, 5.41) is 17.1. The van der Waals surface area contributed by atoms with Gasteiger partial charge in [-0.3, -0.25) is 0 Å². The van der Waals surface area contributed by atoms with E-state index in [1.165, 1.54) is 0 Å². The Kier molecular flexibility index (Phi) is 3.90. The molecule has 54 valence electrons. The van der Waals surface area contributed by atoms with Gasteiger partial charge in [-0.25, -0.2) is 0 Å². The van der Waals surface area contributed by atoms with Crippen molar-refractivity contribution in [1.29, 1.82) is 0 Å². The highest BCUT2D eigenvalue weighted by Crippen LogP contribution is 2.14. The van der Waals surface area contributed by atoms with Crippen molar-refractivity contribution in [3.05, 3.63) is 0 Å². The van der Waals surface area contributed by atoms with Crippen LogP contribution in [0, 0.1) is 11.8 Å². The molecule has 0 rings (SSSR count). The molecule has 0 spiro atoms. The fourth-order valence-corrected chi connectivity index (χ4v) is 0.605. The van der Waals surface area contributed by atoms with Crippen molar-refractivity contribution in [2.45, 2.75) is 27.1 Å². The van der Waals surface area contributed by atoms with Crippen LogP contribution in [0.25, 0.3) is 0 Å². The van der Waals surface area contributed by atoms with Crippen LogP contribution in [0.1, 0.15) is 20.8 Å². The fraction of sp³-hybridized carbons (Fsp3) is 1.00. The topological polar surface area (TPSA) is 40.5 Å². The van der Waals surface area contributed by atoms with Gasteiger partial charge >= 0.3 is 7.12 Å². The summed E-state index contributed by atoms with van der Waals surface area (Å²) in [4.78, 5) is 0. The van der Waals surface area contributed by atoms with E-state index >= 15 is 0 Å². The lowest BCUT2D eigenvalue weighted by Gasteiger charge is -2.13. The predicted octanol–water partition coefficient (Wildman–Crippen LogP) is 0.751. The molecule has 0 amide bonds. The molecule has 0 aromatic rings. The Morgan fingerprint density at radius 3 is 1.78 bits per heavy atom. The molecule has 2 N–H and O–H groups in total. The smallest absolute Gasteiger partial charge is 0.427 e. The van der Waals surface area contributed by atoms with E-state index in [-0.39, 0.29) is 0 Å². The van der Waals surface area contributed by atoms with Crippen LogP contribution in [0.5, 0.6) is 0 Å². The summed E-state index contributed by atoms with van der Waals surface area (Å²) in [6.07, 6.45) is 0.484. The molecule has 1 unspecified atom stereocenters. The Morgan fingerprint density at radius 2 is 1.67 bits per heavy atom. The summed E-state index contributed by atoms with van der Waals surface area (Å²) in [5.41, 5.74) is 0. The van der Waals surface area contributed by atoms with Gasteiger partial charge in [-0.15, -0.1) is 0 Å². The highest BCUT2D eigenvalue weighted by atomic mass is 16.4. The zero-order valence-electron chi connectivity index (χ0n) is 6.33. The number of hydrogen-bond donors (Lipinski definition) is 2. The average molecular weight is 130 g/mol. The van der Waals surface area contributed by atoms with E-state index in [0.29, 0.717) is 18.2 Å². The Bertz CT molecular complexity index is 73.5. The van der Waals surface area contributed by atoms with Crippen LogP contribution >= 0.6 is 0 Å². The molecule has 0 saturated carbocycles. The summed E-state index contributed by atoms with van der Waals surface area (Å²) in [5.74, 6) is 0.928. The third-order valence-corrected chi connectivity index (χ3v) is 1.72. The molecule has 0 bridgehead atoms. The van der Waals surface area contributed by atoms with Gasteiger partial charge in [0.1, 0.15) is 0 Å². The van der Waals surface area contributed by atoms with E-state index in [1.54, 1.807) is 0 Å². The maximum atomic E-state index is 8.53. The van der Waals surface area contributed by atoms with Crippen LogP contribution in [0.4, 0.5) is 0 Å². The highest BCUT2D eigenvalue weighted by Gasteiger charge is 2.14. The number of hydrogen-bond acceptors (Lipinski definition) is 2. The summed E-state index contributed by atoms with van der Waals surface area (Å²) < 4.78 is 0. The molecule has 0 fully saturated rings. The van der Waals surface area contributed by atoms with Crippen molar-refractivity contribution in [3.63, 3.8) is 0 Å². The molecule has 0 heterocycles. The fourth-order valence-electron chi connectivity index (χ4n) is 0.605. The van der Waals surface area contributed by atoms with Gasteiger partial charge in [0.15, 0.2) is 0 Å². The molecule has 0 aliphatic rings. The summed E-state index contributed by atoms with van der Waals surface area (Å²) in [6.45, 7) is 6.17. The second-order valence-corrected chi connectivity index (χ2v) is 2.94. The molecule has 0 aromatic carbocycles. The Balaban J connectivity index is 3.38. The molecule has 0 radical (unpaired) electrons. The van der Waals surface area contributed by atoms with E-state index in [0.717, 1.165) is 0 Å². The van der Waals surface area contributed by atoms with E-state index in [4.69, 9.17) is 10.0 Å². The van der Waals surface area contributed by atoms with Gasteiger partial charge in [0.05, 0.1) is 0 Å². The van der Waals surface area contributed by atoms with Gasteiger partial charge in [0, 0.05) is 0 Å². The third-order valence-electron chi connectivity index (χ3n) is 1.72. The van der Waals surface area contributed by atoms with Gasteiger partial charge in [-0.1, -0.05) is 20.8 Å². The third kappa shape index (κ3) is 4.49. The van der Waals surface area contributed by atoms with Crippen molar-refractivity contribution >= 4 is 7.12 Å². The molecule has 0 aliphatic heterocycles. The van der Waals surface area contributed by atoms with Gasteiger partial charge < -0.3 is 10.0 Å².